The van der Waals surface area contributed by atoms with Crippen LogP contribution in [-0.4, -0.2) is 74.4 Å². The molecule has 0 saturated carbocycles. The summed E-state index contributed by atoms with van der Waals surface area (Å²) in [7, 11) is 0. The standard InChI is InChI=1S/C35H41N5O3S/c1-27-13-9-10-18-31(27)40-32(23-29-14-5-3-6-15-29)36-37-35(40)44-22-12-11-19-33(41)38-20-21-39(28(2)24-38)34(42)26-43-25-30-16-7-4-8-17-30/h3-10,13-18,28H,11-12,19-26H2,1-2H3. The van der Waals surface area contributed by atoms with E-state index in [4.69, 9.17) is 4.74 Å². The third-order valence-electron chi connectivity index (χ3n) is 7.92. The molecule has 0 radical (unpaired) electrons. The summed E-state index contributed by atoms with van der Waals surface area (Å²) in [5, 5.41) is 10.0. The Labute approximate surface area is 264 Å². The number of thioether (sulfide) groups is 1. The first kappa shape index (κ1) is 31.5. The van der Waals surface area contributed by atoms with Gasteiger partial charge >= 0.3 is 0 Å². The lowest BCUT2D eigenvalue weighted by Crippen LogP contribution is -2.56. The van der Waals surface area contributed by atoms with Crippen molar-refractivity contribution in [2.45, 2.75) is 57.3 Å². The van der Waals surface area contributed by atoms with Gasteiger partial charge in [0.1, 0.15) is 12.4 Å². The number of ether oxygens (including phenoxy) is 1. The Kier molecular flexibility index (Phi) is 11.2. The summed E-state index contributed by atoms with van der Waals surface area (Å²) in [5.74, 6) is 1.90. The fourth-order valence-corrected chi connectivity index (χ4v) is 6.47. The fourth-order valence-electron chi connectivity index (χ4n) is 5.51. The number of nitrogens with zero attached hydrogens (tertiary/aromatic N) is 5. The lowest BCUT2D eigenvalue weighted by Gasteiger charge is -2.40. The highest BCUT2D eigenvalue weighted by Crippen LogP contribution is 2.26. The molecule has 0 bridgehead atoms. The van der Waals surface area contributed by atoms with E-state index in [0.717, 1.165) is 40.8 Å². The zero-order valence-electron chi connectivity index (χ0n) is 25.6. The molecule has 0 N–H and O–H groups in total. The number of aromatic nitrogens is 3. The molecule has 8 nitrogen and oxygen atoms in total. The van der Waals surface area contributed by atoms with Gasteiger partial charge in [-0.15, -0.1) is 10.2 Å². The number of unbranched alkanes of at least 4 members (excludes halogenated alkanes) is 1. The van der Waals surface area contributed by atoms with Gasteiger partial charge in [-0.3, -0.25) is 14.2 Å². The van der Waals surface area contributed by atoms with E-state index in [-0.39, 0.29) is 24.5 Å². The van der Waals surface area contributed by atoms with Gasteiger partial charge in [-0.2, -0.15) is 0 Å². The highest BCUT2D eigenvalue weighted by Gasteiger charge is 2.29. The number of benzene rings is 3. The molecule has 1 atom stereocenters. The average Bonchev–Trinajstić information content (AvgIpc) is 3.43. The first-order valence-electron chi connectivity index (χ1n) is 15.4. The summed E-state index contributed by atoms with van der Waals surface area (Å²) in [6, 6.07) is 28.5. The minimum atomic E-state index is -0.0334. The van der Waals surface area contributed by atoms with Crippen molar-refractivity contribution < 1.29 is 14.3 Å². The second-order valence-electron chi connectivity index (χ2n) is 11.2. The molecule has 1 fully saturated rings. The molecular weight excluding hydrogens is 570 g/mol. The number of carbonyl (C=O) groups is 2. The van der Waals surface area contributed by atoms with Gasteiger partial charge in [-0.05, 0) is 49.4 Å². The monoisotopic (exact) mass is 611 g/mol. The van der Waals surface area contributed by atoms with Crippen molar-refractivity contribution >= 4 is 23.6 Å². The molecule has 230 valence electrons. The highest BCUT2D eigenvalue weighted by atomic mass is 32.2. The van der Waals surface area contributed by atoms with Crippen LogP contribution in [0.3, 0.4) is 0 Å². The number of carbonyl (C=O) groups excluding carboxylic acids is 2. The van der Waals surface area contributed by atoms with E-state index < -0.39 is 0 Å². The van der Waals surface area contributed by atoms with E-state index in [9.17, 15) is 9.59 Å². The molecule has 1 aliphatic rings. The number of piperazine rings is 1. The highest BCUT2D eigenvalue weighted by molar-refractivity contribution is 7.99. The van der Waals surface area contributed by atoms with Crippen molar-refractivity contribution in [1.82, 2.24) is 24.6 Å². The summed E-state index contributed by atoms with van der Waals surface area (Å²) in [6.45, 7) is 6.23. The number of hydrogen-bond donors (Lipinski definition) is 0. The lowest BCUT2D eigenvalue weighted by molar-refractivity contribution is -0.146. The Balaban J connectivity index is 1.07. The smallest absolute Gasteiger partial charge is 0.248 e. The van der Waals surface area contributed by atoms with Crippen molar-refractivity contribution in [3.05, 3.63) is 107 Å². The van der Waals surface area contributed by atoms with Crippen LogP contribution in [0.4, 0.5) is 0 Å². The Hall–Kier alpha value is -3.95. The molecule has 44 heavy (non-hydrogen) atoms. The Morgan fingerprint density at radius 3 is 2.30 bits per heavy atom. The molecule has 2 heterocycles. The maximum atomic E-state index is 13.0. The van der Waals surface area contributed by atoms with Crippen molar-refractivity contribution in [1.29, 1.82) is 0 Å². The second-order valence-corrected chi connectivity index (χ2v) is 12.3. The maximum absolute atomic E-state index is 13.0. The van der Waals surface area contributed by atoms with Crippen LogP contribution in [0.5, 0.6) is 0 Å². The number of aryl methyl sites for hydroxylation is 1. The molecule has 9 heteroatoms. The number of rotatable bonds is 13. The van der Waals surface area contributed by atoms with E-state index in [2.05, 4.69) is 46.0 Å². The number of para-hydroxylation sites is 1. The summed E-state index contributed by atoms with van der Waals surface area (Å²) in [5.41, 5.74) is 4.50. The molecule has 5 rings (SSSR count). The second kappa shape index (κ2) is 15.7. The Morgan fingerprint density at radius 1 is 0.864 bits per heavy atom. The van der Waals surface area contributed by atoms with Crippen LogP contribution in [-0.2, 0) is 27.4 Å². The molecule has 3 aromatic carbocycles. The molecule has 1 aromatic heterocycles. The van der Waals surface area contributed by atoms with Crippen LogP contribution in [0, 0.1) is 6.92 Å². The quantitative estimate of drug-likeness (QED) is 0.142. The summed E-state index contributed by atoms with van der Waals surface area (Å²) in [4.78, 5) is 29.5. The van der Waals surface area contributed by atoms with Gasteiger partial charge in [-0.1, -0.05) is 90.6 Å². The minimum Gasteiger partial charge on any atom is -0.367 e. The van der Waals surface area contributed by atoms with Gasteiger partial charge in [0, 0.05) is 44.3 Å². The van der Waals surface area contributed by atoms with E-state index in [1.807, 2.05) is 77.4 Å². The Morgan fingerprint density at radius 2 is 1.57 bits per heavy atom. The van der Waals surface area contributed by atoms with Gasteiger partial charge in [0.05, 0.1) is 12.3 Å². The van der Waals surface area contributed by atoms with Crippen molar-refractivity contribution in [3.8, 4) is 5.69 Å². The van der Waals surface area contributed by atoms with Crippen LogP contribution >= 0.6 is 11.8 Å². The zero-order valence-corrected chi connectivity index (χ0v) is 26.4. The van der Waals surface area contributed by atoms with Crippen LogP contribution in [0.15, 0.2) is 90.1 Å². The van der Waals surface area contributed by atoms with Gasteiger partial charge in [0.25, 0.3) is 0 Å². The number of amides is 2. The summed E-state index contributed by atoms with van der Waals surface area (Å²) in [6.07, 6.45) is 2.92. The predicted molar refractivity (Wildman–Crippen MR) is 174 cm³/mol. The SMILES string of the molecule is Cc1ccccc1-n1c(Cc2ccccc2)nnc1SCCCCC(=O)N1CCN(C(=O)COCc2ccccc2)C(C)C1. The third kappa shape index (κ3) is 8.36. The number of hydrogen-bond acceptors (Lipinski definition) is 6. The third-order valence-corrected chi connectivity index (χ3v) is 8.93. The first-order valence-corrected chi connectivity index (χ1v) is 16.3. The van der Waals surface area contributed by atoms with Crippen LogP contribution in [0.1, 0.15) is 48.7 Å². The molecule has 0 aliphatic carbocycles. The van der Waals surface area contributed by atoms with Crippen LogP contribution < -0.4 is 0 Å². The topological polar surface area (TPSA) is 80.6 Å². The molecule has 0 spiro atoms. The summed E-state index contributed by atoms with van der Waals surface area (Å²) < 4.78 is 7.82. The van der Waals surface area contributed by atoms with Gasteiger partial charge in [-0.25, -0.2) is 0 Å². The van der Waals surface area contributed by atoms with Gasteiger partial charge < -0.3 is 14.5 Å². The molecule has 1 unspecified atom stereocenters. The molecular formula is C35H41N5O3S. The molecule has 1 aliphatic heterocycles. The summed E-state index contributed by atoms with van der Waals surface area (Å²) >= 11 is 1.69. The van der Waals surface area contributed by atoms with Gasteiger partial charge in [0.2, 0.25) is 11.8 Å². The van der Waals surface area contributed by atoms with Crippen molar-refractivity contribution in [2.24, 2.45) is 0 Å². The molecule has 2 amide bonds. The van der Waals surface area contributed by atoms with E-state index >= 15 is 0 Å². The van der Waals surface area contributed by atoms with Crippen LogP contribution in [0.25, 0.3) is 5.69 Å². The van der Waals surface area contributed by atoms with E-state index in [1.165, 1.54) is 11.1 Å². The lowest BCUT2D eigenvalue weighted by atomic mass is 10.1. The van der Waals surface area contributed by atoms with Crippen molar-refractivity contribution in [2.75, 3.05) is 32.0 Å². The molecule has 1 saturated heterocycles. The van der Waals surface area contributed by atoms with Crippen LogP contribution in [0.2, 0.25) is 0 Å². The fraction of sp³-hybridized carbons (Fsp3) is 0.371. The maximum Gasteiger partial charge on any atom is 0.248 e. The zero-order chi connectivity index (χ0) is 30.7. The van der Waals surface area contributed by atoms with E-state index in [0.29, 0.717) is 39.1 Å². The predicted octanol–water partition coefficient (Wildman–Crippen LogP) is 5.71. The largest absolute Gasteiger partial charge is 0.367 e. The van der Waals surface area contributed by atoms with E-state index in [1.54, 1.807) is 11.8 Å². The normalized spacial score (nSPS) is 15.0. The molecule has 4 aromatic rings. The Bertz CT molecular complexity index is 1510. The van der Waals surface area contributed by atoms with Gasteiger partial charge in [0.15, 0.2) is 5.16 Å². The van der Waals surface area contributed by atoms with Crippen molar-refractivity contribution in [3.63, 3.8) is 0 Å². The average molecular weight is 612 g/mol. The minimum absolute atomic E-state index is 0.0250. The first-order chi connectivity index (χ1) is 21.5.